The van der Waals surface area contributed by atoms with Gasteiger partial charge in [-0.1, -0.05) is 0 Å². The first-order valence-corrected chi connectivity index (χ1v) is 6.69. The fourth-order valence-corrected chi connectivity index (χ4v) is 2.25. The minimum atomic E-state index is -0.473. The van der Waals surface area contributed by atoms with Gasteiger partial charge in [0.15, 0.2) is 12.0 Å². The van der Waals surface area contributed by atoms with E-state index in [2.05, 4.69) is 5.32 Å². The summed E-state index contributed by atoms with van der Waals surface area (Å²) in [6.45, 7) is 0. The van der Waals surface area contributed by atoms with Crippen LogP contribution >= 0.6 is 0 Å². The Bertz CT molecular complexity index is 883. The number of nitrogens with one attached hydrogen (secondary N) is 1. The van der Waals surface area contributed by atoms with Crippen molar-refractivity contribution in [3.8, 4) is 5.75 Å². The molecule has 0 bridgehead atoms. The van der Waals surface area contributed by atoms with Gasteiger partial charge >= 0.3 is 0 Å². The fraction of sp³-hybridized carbons (Fsp3) is 0.0625. The third kappa shape index (κ3) is 2.71. The van der Waals surface area contributed by atoms with Crippen molar-refractivity contribution in [2.45, 2.75) is 0 Å². The van der Waals surface area contributed by atoms with Crippen molar-refractivity contribution in [3.05, 3.63) is 58.3 Å². The number of benzene rings is 2. The van der Waals surface area contributed by atoms with Crippen molar-refractivity contribution in [3.63, 3.8) is 0 Å². The molecule has 0 radical (unpaired) electrons. The predicted octanol–water partition coefficient (Wildman–Crippen LogP) is 3.91. The first kappa shape index (κ1) is 14.6. The number of carbonyl (C=O) groups is 1. The lowest BCUT2D eigenvalue weighted by Crippen LogP contribution is -1.94. The van der Waals surface area contributed by atoms with Crippen LogP contribution in [0.25, 0.3) is 11.0 Å². The van der Waals surface area contributed by atoms with Crippen molar-refractivity contribution in [1.29, 1.82) is 0 Å². The number of hydrogen-bond donors (Lipinski definition) is 1. The number of nitro benzene ring substituents is 1. The normalized spacial score (nSPS) is 10.5. The molecule has 1 heterocycles. The Morgan fingerprint density at radius 1 is 1.22 bits per heavy atom. The van der Waals surface area contributed by atoms with Gasteiger partial charge in [-0.3, -0.25) is 14.9 Å². The van der Waals surface area contributed by atoms with Gasteiger partial charge < -0.3 is 14.5 Å². The molecule has 23 heavy (non-hydrogen) atoms. The molecule has 0 fully saturated rings. The number of rotatable bonds is 5. The average molecular weight is 312 g/mol. The molecule has 116 valence electrons. The second kappa shape index (κ2) is 5.80. The van der Waals surface area contributed by atoms with Crippen LogP contribution in [0.15, 0.2) is 46.9 Å². The SMILES string of the molecule is COc1ccc2oc(C=O)c(Nc3ccc([N+](=O)[O-])cc3)c2c1. The van der Waals surface area contributed by atoms with Crippen LogP contribution in [0.3, 0.4) is 0 Å². The van der Waals surface area contributed by atoms with Crippen LogP contribution in [0.5, 0.6) is 5.75 Å². The molecule has 7 nitrogen and oxygen atoms in total. The van der Waals surface area contributed by atoms with E-state index in [1.807, 2.05) is 0 Å². The first-order valence-electron chi connectivity index (χ1n) is 6.69. The topological polar surface area (TPSA) is 94.6 Å². The molecule has 0 amide bonds. The van der Waals surface area contributed by atoms with Crippen LogP contribution in [0.2, 0.25) is 0 Å². The molecule has 0 saturated heterocycles. The molecule has 0 aliphatic heterocycles. The van der Waals surface area contributed by atoms with Gasteiger partial charge in [0, 0.05) is 23.2 Å². The highest BCUT2D eigenvalue weighted by Gasteiger charge is 2.15. The summed E-state index contributed by atoms with van der Waals surface area (Å²) in [4.78, 5) is 21.4. The number of anilines is 2. The van der Waals surface area contributed by atoms with Crippen molar-refractivity contribution in [2.75, 3.05) is 12.4 Å². The van der Waals surface area contributed by atoms with Gasteiger partial charge in [-0.25, -0.2) is 0 Å². The smallest absolute Gasteiger partial charge is 0.269 e. The summed E-state index contributed by atoms with van der Waals surface area (Å²) in [7, 11) is 1.55. The van der Waals surface area contributed by atoms with Gasteiger partial charge in [0.1, 0.15) is 11.3 Å². The lowest BCUT2D eigenvalue weighted by atomic mass is 10.2. The number of non-ortho nitro benzene ring substituents is 1. The Morgan fingerprint density at radius 3 is 2.57 bits per heavy atom. The number of ether oxygens (including phenoxy) is 1. The number of nitro groups is 1. The van der Waals surface area contributed by atoms with Crippen LogP contribution in [-0.4, -0.2) is 18.3 Å². The number of fused-ring (bicyclic) bond motifs is 1. The van der Waals surface area contributed by atoms with E-state index in [0.29, 0.717) is 34.4 Å². The molecule has 1 aromatic heterocycles. The summed E-state index contributed by atoms with van der Waals surface area (Å²) in [5.74, 6) is 0.772. The number of furan rings is 1. The summed E-state index contributed by atoms with van der Waals surface area (Å²) in [6, 6.07) is 11.1. The van der Waals surface area contributed by atoms with Crippen LogP contribution < -0.4 is 10.1 Å². The minimum absolute atomic E-state index is 0.00937. The maximum Gasteiger partial charge on any atom is 0.269 e. The van der Waals surface area contributed by atoms with Gasteiger partial charge in [0.25, 0.3) is 5.69 Å². The van der Waals surface area contributed by atoms with Crippen molar-refractivity contribution >= 4 is 34.3 Å². The van der Waals surface area contributed by atoms with E-state index in [4.69, 9.17) is 9.15 Å². The third-order valence-corrected chi connectivity index (χ3v) is 3.38. The third-order valence-electron chi connectivity index (χ3n) is 3.38. The number of carbonyl (C=O) groups excluding carboxylic acids is 1. The van der Waals surface area contributed by atoms with E-state index in [1.165, 1.54) is 12.1 Å². The molecule has 3 rings (SSSR count). The van der Waals surface area contributed by atoms with Crippen LogP contribution in [-0.2, 0) is 0 Å². The van der Waals surface area contributed by atoms with Crippen molar-refractivity contribution in [2.24, 2.45) is 0 Å². The second-order valence-corrected chi connectivity index (χ2v) is 4.75. The summed E-state index contributed by atoms with van der Waals surface area (Å²) < 4.78 is 10.7. The predicted molar refractivity (Wildman–Crippen MR) is 84.5 cm³/mol. The second-order valence-electron chi connectivity index (χ2n) is 4.75. The number of nitrogens with zero attached hydrogens (tertiary/aromatic N) is 1. The summed E-state index contributed by atoms with van der Waals surface area (Å²) in [5, 5.41) is 14.4. The molecule has 0 aliphatic carbocycles. The fourth-order valence-electron chi connectivity index (χ4n) is 2.25. The molecule has 0 saturated carbocycles. The van der Waals surface area contributed by atoms with E-state index in [-0.39, 0.29) is 11.4 Å². The Kier molecular flexibility index (Phi) is 3.68. The molecular formula is C16H12N2O5. The first-order chi connectivity index (χ1) is 11.1. The summed E-state index contributed by atoms with van der Waals surface area (Å²) >= 11 is 0. The van der Waals surface area contributed by atoms with E-state index in [1.54, 1.807) is 37.4 Å². The Hall–Kier alpha value is -3.35. The molecule has 3 aromatic rings. The minimum Gasteiger partial charge on any atom is -0.497 e. The van der Waals surface area contributed by atoms with Gasteiger partial charge in [0.05, 0.1) is 17.7 Å². The molecular weight excluding hydrogens is 300 g/mol. The lowest BCUT2D eigenvalue weighted by molar-refractivity contribution is -0.384. The maximum atomic E-state index is 11.2. The molecule has 0 unspecified atom stereocenters. The van der Waals surface area contributed by atoms with E-state index in [9.17, 15) is 14.9 Å². The molecule has 0 aliphatic rings. The molecule has 7 heteroatoms. The zero-order chi connectivity index (χ0) is 16.4. The zero-order valence-electron chi connectivity index (χ0n) is 12.1. The Morgan fingerprint density at radius 2 is 1.96 bits per heavy atom. The summed E-state index contributed by atoms with van der Waals surface area (Å²) in [6.07, 6.45) is 0.611. The van der Waals surface area contributed by atoms with E-state index >= 15 is 0 Å². The lowest BCUT2D eigenvalue weighted by Gasteiger charge is -2.05. The zero-order valence-corrected chi connectivity index (χ0v) is 12.1. The van der Waals surface area contributed by atoms with Gasteiger partial charge in [-0.2, -0.15) is 0 Å². The Labute approximate surface area is 130 Å². The number of methoxy groups -OCH3 is 1. The monoisotopic (exact) mass is 312 g/mol. The summed E-state index contributed by atoms with van der Waals surface area (Å²) in [5.41, 5.74) is 1.62. The van der Waals surface area contributed by atoms with Gasteiger partial charge in [0.2, 0.25) is 0 Å². The largest absolute Gasteiger partial charge is 0.497 e. The number of aldehydes is 1. The van der Waals surface area contributed by atoms with Crippen LogP contribution in [0, 0.1) is 10.1 Å². The highest BCUT2D eigenvalue weighted by Crippen LogP contribution is 2.34. The highest BCUT2D eigenvalue weighted by molar-refractivity contribution is 6.01. The molecule has 2 aromatic carbocycles. The standard InChI is InChI=1S/C16H12N2O5/c1-22-12-6-7-14-13(8-12)16(15(9-19)23-14)17-10-2-4-11(5-3-10)18(20)21/h2-9,17H,1H3. The molecule has 1 N–H and O–H groups in total. The maximum absolute atomic E-state index is 11.2. The van der Waals surface area contributed by atoms with Crippen LogP contribution in [0.4, 0.5) is 17.1 Å². The van der Waals surface area contributed by atoms with Gasteiger partial charge in [-0.05, 0) is 30.3 Å². The molecule has 0 spiro atoms. The molecule has 0 atom stereocenters. The Balaban J connectivity index is 2.03. The van der Waals surface area contributed by atoms with Crippen molar-refractivity contribution < 1.29 is 18.9 Å². The quantitative estimate of drug-likeness (QED) is 0.436. The van der Waals surface area contributed by atoms with E-state index < -0.39 is 4.92 Å². The van der Waals surface area contributed by atoms with Crippen LogP contribution in [0.1, 0.15) is 10.6 Å². The van der Waals surface area contributed by atoms with Gasteiger partial charge in [-0.15, -0.1) is 0 Å². The van der Waals surface area contributed by atoms with Crippen molar-refractivity contribution in [1.82, 2.24) is 0 Å². The highest BCUT2D eigenvalue weighted by atomic mass is 16.6. The number of hydrogen-bond acceptors (Lipinski definition) is 6. The van der Waals surface area contributed by atoms with E-state index in [0.717, 1.165) is 0 Å². The average Bonchev–Trinajstić information content (AvgIpc) is 2.92.